The van der Waals surface area contributed by atoms with Crippen molar-refractivity contribution in [2.24, 2.45) is 11.7 Å². The Bertz CT molecular complexity index is 291. The standard InChI is InChI=1S/C10H17N3O2.C2H6/c1-10(2,3)15-9(14)13-5-7(4-11)8(12)6-13;1-2/h7-8H,5-6,12H2,1-3H3;1-2H3. The van der Waals surface area contributed by atoms with Gasteiger partial charge in [0.1, 0.15) is 5.60 Å². The summed E-state index contributed by atoms with van der Waals surface area (Å²) in [4.78, 5) is 13.1. The molecule has 1 heterocycles. The molecule has 1 aliphatic rings. The molecule has 0 bridgehead atoms. The van der Waals surface area contributed by atoms with Crippen molar-refractivity contribution in [3.05, 3.63) is 0 Å². The van der Waals surface area contributed by atoms with E-state index in [1.807, 2.05) is 34.6 Å². The van der Waals surface area contributed by atoms with Crippen molar-refractivity contribution in [2.45, 2.75) is 46.3 Å². The zero-order valence-corrected chi connectivity index (χ0v) is 11.4. The monoisotopic (exact) mass is 241 g/mol. The first-order chi connectivity index (χ1) is 7.83. The number of nitriles is 1. The molecule has 2 atom stereocenters. The van der Waals surface area contributed by atoms with Gasteiger partial charge < -0.3 is 15.4 Å². The Kier molecular flexibility index (Phi) is 5.97. The normalized spacial score (nSPS) is 23.5. The molecule has 0 aromatic rings. The zero-order valence-electron chi connectivity index (χ0n) is 11.4. The van der Waals surface area contributed by atoms with Crippen LogP contribution in [0, 0.1) is 17.2 Å². The molecule has 5 nitrogen and oxygen atoms in total. The van der Waals surface area contributed by atoms with E-state index in [-0.39, 0.29) is 12.0 Å². The van der Waals surface area contributed by atoms with Gasteiger partial charge in [0.05, 0.1) is 12.0 Å². The molecule has 0 aromatic heterocycles. The van der Waals surface area contributed by atoms with Gasteiger partial charge in [-0.05, 0) is 20.8 Å². The maximum atomic E-state index is 11.6. The highest BCUT2D eigenvalue weighted by molar-refractivity contribution is 5.68. The first-order valence-electron chi connectivity index (χ1n) is 5.96. The predicted molar refractivity (Wildman–Crippen MR) is 66.2 cm³/mol. The fourth-order valence-electron chi connectivity index (χ4n) is 1.44. The molecule has 1 aliphatic heterocycles. The minimum absolute atomic E-state index is 0.262. The lowest BCUT2D eigenvalue weighted by Gasteiger charge is -2.24. The minimum Gasteiger partial charge on any atom is -0.444 e. The van der Waals surface area contributed by atoms with Gasteiger partial charge in [0.25, 0.3) is 0 Å². The number of carbonyl (C=O) groups is 1. The molecule has 1 saturated heterocycles. The fourth-order valence-corrected chi connectivity index (χ4v) is 1.44. The van der Waals surface area contributed by atoms with E-state index in [9.17, 15) is 4.79 Å². The Hall–Kier alpha value is -1.28. The number of ether oxygens (including phenoxy) is 1. The van der Waals surface area contributed by atoms with E-state index >= 15 is 0 Å². The molecule has 2 N–H and O–H groups in total. The van der Waals surface area contributed by atoms with Gasteiger partial charge in [-0.2, -0.15) is 5.26 Å². The lowest BCUT2D eigenvalue weighted by Crippen LogP contribution is -2.36. The Morgan fingerprint density at radius 2 is 1.94 bits per heavy atom. The summed E-state index contributed by atoms with van der Waals surface area (Å²) in [6.07, 6.45) is -0.393. The second-order valence-corrected chi connectivity index (χ2v) is 4.78. The van der Waals surface area contributed by atoms with Crippen LogP contribution >= 0.6 is 0 Å². The molecule has 1 amide bonds. The molecular weight excluding hydrogens is 218 g/mol. The van der Waals surface area contributed by atoms with Crippen molar-refractivity contribution in [1.29, 1.82) is 5.26 Å². The third-order valence-corrected chi connectivity index (χ3v) is 2.18. The molecule has 0 spiro atoms. The van der Waals surface area contributed by atoms with Crippen LogP contribution in [-0.4, -0.2) is 35.7 Å². The summed E-state index contributed by atoms with van der Waals surface area (Å²) < 4.78 is 5.18. The van der Waals surface area contributed by atoms with Crippen LogP contribution in [0.2, 0.25) is 0 Å². The Morgan fingerprint density at radius 1 is 1.41 bits per heavy atom. The number of hydrogen-bond donors (Lipinski definition) is 1. The van der Waals surface area contributed by atoms with Gasteiger partial charge in [0.2, 0.25) is 0 Å². The maximum Gasteiger partial charge on any atom is 0.410 e. The van der Waals surface area contributed by atoms with E-state index in [1.165, 1.54) is 4.90 Å². The van der Waals surface area contributed by atoms with E-state index in [1.54, 1.807) is 0 Å². The number of likely N-dealkylation sites (tertiary alicyclic amines) is 1. The molecule has 1 rings (SSSR count). The minimum atomic E-state index is -0.508. The van der Waals surface area contributed by atoms with Crippen LogP contribution < -0.4 is 5.73 Å². The molecule has 2 unspecified atom stereocenters. The maximum absolute atomic E-state index is 11.6. The van der Waals surface area contributed by atoms with Gasteiger partial charge in [-0.25, -0.2) is 4.79 Å². The Balaban J connectivity index is 0.00000121. The average molecular weight is 241 g/mol. The number of carbonyl (C=O) groups excluding carboxylic acids is 1. The van der Waals surface area contributed by atoms with Crippen molar-refractivity contribution < 1.29 is 9.53 Å². The molecule has 5 heteroatoms. The summed E-state index contributed by atoms with van der Waals surface area (Å²) in [6, 6.07) is 1.83. The van der Waals surface area contributed by atoms with Crippen molar-refractivity contribution in [1.82, 2.24) is 4.90 Å². The van der Waals surface area contributed by atoms with Crippen molar-refractivity contribution in [3.63, 3.8) is 0 Å². The first kappa shape index (κ1) is 15.7. The third-order valence-electron chi connectivity index (χ3n) is 2.18. The second-order valence-electron chi connectivity index (χ2n) is 4.78. The van der Waals surface area contributed by atoms with Crippen LogP contribution in [-0.2, 0) is 4.74 Å². The van der Waals surface area contributed by atoms with Crippen LogP contribution in [0.15, 0.2) is 0 Å². The number of hydrogen-bond acceptors (Lipinski definition) is 4. The van der Waals surface area contributed by atoms with E-state index in [0.29, 0.717) is 13.1 Å². The molecular formula is C12H23N3O2. The van der Waals surface area contributed by atoms with Crippen LogP contribution in [0.3, 0.4) is 0 Å². The number of nitrogens with two attached hydrogens (primary N) is 1. The summed E-state index contributed by atoms with van der Waals surface area (Å²) in [5, 5.41) is 8.76. The van der Waals surface area contributed by atoms with Crippen molar-refractivity contribution in [3.8, 4) is 6.07 Å². The summed E-state index contributed by atoms with van der Waals surface area (Å²) in [6.45, 7) is 10.2. The van der Waals surface area contributed by atoms with Crippen LogP contribution in [0.5, 0.6) is 0 Å². The highest BCUT2D eigenvalue weighted by Gasteiger charge is 2.35. The summed E-state index contributed by atoms with van der Waals surface area (Å²) in [5.41, 5.74) is 5.20. The SMILES string of the molecule is CC.CC(C)(C)OC(=O)N1CC(N)C(C#N)C1. The number of rotatable bonds is 0. The van der Waals surface area contributed by atoms with Gasteiger partial charge in [-0.1, -0.05) is 13.8 Å². The highest BCUT2D eigenvalue weighted by Crippen LogP contribution is 2.18. The van der Waals surface area contributed by atoms with E-state index < -0.39 is 11.7 Å². The van der Waals surface area contributed by atoms with Gasteiger partial charge in [0.15, 0.2) is 0 Å². The summed E-state index contributed by atoms with van der Waals surface area (Å²) >= 11 is 0. The molecule has 1 fully saturated rings. The lowest BCUT2D eigenvalue weighted by atomic mass is 10.1. The molecule has 0 aromatic carbocycles. The topological polar surface area (TPSA) is 79.3 Å². The number of amides is 1. The smallest absolute Gasteiger partial charge is 0.410 e. The van der Waals surface area contributed by atoms with E-state index in [0.717, 1.165) is 0 Å². The lowest BCUT2D eigenvalue weighted by molar-refractivity contribution is 0.0289. The average Bonchev–Trinajstić information content (AvgIpc) is 2.60. The van der Waals surface area contributed by atoms with E-state index in [2.05, 4.69) is 6.07 Å². The van der Waals surface area contributed by atoms with Crippen molar-refractivity contribution >= 4 is 6.09 Å². The van der Waals surface area contributed by atoms with Crippen LogP contribution in [0.25, 0.3) is 0 Å². The van der Waals surface area contributed by atoms with Crippen molar-refractivity contribution in [2.75, 3.05) is 13.1 Å². The molecule has 0 radical (unpaired) electrons. The molecule has 98 valence electrons. The van der Waals surface area contributed by atoms with Gasteiger partial charge in [-0.15, -0.1) is 0 Å². The third kappa shape index (κ3) is 5.05. The second kappa shape index (κ2) is 6.45. The number of nitrogens with zero attached hydrogens (tertiary/aromatic N) is 2. The van der Waals surface area contributed by atoms with Crippen LogP contribution in [0.1, 0.15) is 34.6 Å². The molecule has 17 heavy (non-hydrogen) atoms. The van der Waals surface area contributed by atoms with E-state index in [4.69, 9.17) is 15.7 Å². The van der Waals surface area contributed by atoms with Crippen LogP contribution in [0.4, 0.5) is 4.79 Å². The summed E-state index contributed by atoms with van der Waals surface area (Å²) in [5.74, 6) is -0.280. The predicted octanol–water partition coefficient (Wildman–Crippen LogP) is 1.73. The largest absolute Gasteiger partial charge is 0.444 e. The van der Waals surface area contributed by atoms with Gasteiger partial charge in [-0.3, -0.25) is 0 Å². The molecule has 0 saturated carbocycles. The highest BCUT2D eigenvalue weighted by atomic mass is 16.6. The Morgan fingerprint density at radius 3 is 2.29 bits per heavy atom. The fraction of sp³-hybridized carbons (Fsp3) is 0.833. The van der Waals surface area contributed by atoms with Gasteiger partial charge in [0, 0.05) is 19.1 Å². The Labute approximate surface area is 104 Å². The zero-order chi connectivity index (χ0) is 13.6. The van der Waals surface area contributed by atoms with Gasteiger partial charge >= 0.3 is 6.09 Å². The quantitative estimate of drug-likeness (QED) is 0.700. The molecule has 0 aliphatic carbocycles. The first-order valence-corrected chi connectivity index (χ1v) is 5.96. The summed E-state index contributed by atoms with van der Waals surface area (Å²) in [7, 11) is 0.